The number of hydrogen-bond donors (Lipinski definition) is 0. The molecule has 0 aromatic heterocycles. The smallest absolute Gasteiger partial charge is 0.338 e. The van der Waals surface area contributed by atoms with E-state index in [1.165, 1.54) is 32.4 Å². The Bertz CT molecular complexity index is 827. The molecular formula is C22H25NO6. The monoisotopic (exact) mass is 399 g/mol. The fourth-order valence-corrected chi connectivity index (χ4v) is 3.02. The lowest BCUT2D eigenvalue weighted by Crippen LogP contribution is -2.36. The zero-order valence-corrected chi connectivity index (χ0v) is 17.0. The Balaban J connectivity index is 2.42. The molecule has 0 fully saturated rings. The number of nitrogens with zero attached hydrogens (tertiary/aromatic N) is 1. The van der Waals surface area contributed by atoms with Gasteiger partial charge in [-0.05, 0) is 36.9 Å². The molecule has 0 aliphatic heterocycles. The molecule has 7 nitrogen and oxygen atoms in total. The largest absolute Gasteiger partial charge is 0.465 e. The quantitative estimate of drug-likeness (QED) is 0.498. The van der Waals surface area contributed by atoms with E-state index >= 15 is 0 Å². The van der Waals surface area contributed by atoms with E-state index < -0.39 is 23.9 Å². The second kappa shape index (κ2) is 10.4. The average molecular weight is 399 g/mol. The number of carbonyl (C=O) groups is 3. The van der Waals surface area contributed by atoms with Crippen LogP contribution in [0.1, 0.15) is 46.2 Å². The average Bonchev–Trinajstić information content (AvgIpc) is 2.76. The predicted molar refractivity (Wildman–Crippen MR) is 107 cm³/mol. The molecule has 0 bridgehead atoms. The normalized spacial score (nSPS) is 11.6. The van der Waals surface area contributed by atoms with Crippen LogP contribution in [-0.2, 0) is 14.3 Å². The molecule has 0 saturated carbocycles. The number of ether oxygens (including phenoxy) is 3. The Morgan fingerprint density at radius 1 is 0.862 bits per heavy atom. The topological polar surface area (TPSA) is 82.1 Å². The first-order valence-electron chi connectivity index (χ1n) is 9.27. The Morgan fingerprint density at radius 2 is 1.38 bits per heavy atom. The summed E-state index contributed by atoms with van der Waals surface area (Å²) in [5.74, 6) is -1.77. The van der Waals surface area contributed by atoms with Crippen LogP contribution in [0.3, 0.4) is 0 Å². The fourth-order valence-electron chi connectivity index (χ4n) is 3.02. The van der Waals surface area contributed by atoms with E-state index in [4.69, 9.17) is 14.2 Å². The lowest BCUT2D eigenvalue weighted by atomic mass is 10.1. The van der Waals surface area contributed by atoms with E-state index in [1.54, 1.807) is 0 Å². The molecule has 1 unspecified atom stereocenters. The summed E-state index contributed by atoms with van der Waals surface area (Å²) in [6.07, 6.45) is 0. The van der Waals surface area contributed by atoms with Crippen molar-refractivity contribution in [1.82, 2.24) is 4.90 Å². The minimum Gasteiger partial charge on any atom is -0.465 e. The first-order chi connectivity index (χ1) is 13.9. The van der Waals surface area contributed by atoms with Crippen molar-refractivity contribution in [3.05, 3.63) is 65.2 Å². The molecule has 0 aliphatic rings. The van der Waals surface area contributed by atoms with Crippen LogP contribution in [0, 0.1) is 0 Å². The first-order valence-corrected chi connectivity index (χ1v) is 9.27. The van der Waals surface area contributed by atoms with E-state index in [-0.39, 0.29) is 16.9 Å². The van der Waals surface area contributed by atoms with E-state index in [2.05, 4.69) is 0 Å². The van der Waals surface area contributed by atoms with Crippen molar-refractivity contribution in [2.45, 2.75) is 19.9 Å². The summed E-state index contributed by atoms with van der Waals surface area (Å²) in [6, 6.07) is 12.7. The number of benzene rings is 2. The number of hydrogen-bond acceptors (Lipinski definition) is 7. The fraction of sp³-hybridized carbons (Fsp3) is 0.318. The lowest BCUT2D eigenvalue weighted by Gasteiger charge is -2.28. The molecule has 0 heterocycles. The van der Waals surface area contributed by atoms with Gasteiger partial charge < -0.3 is 14.2 Å². The summed E-state index contributed by atoms with van der Waals surface area (Å²) in [5.41, 5.74) is 0.952. The molecule has 0 saturated heterocycles. The van der Waals surface area contributed by atoms with Crippen LogP contribution in [0.5, 0.6) is 5.75 Å². The highest BCUT2D eigenvalue weighted by Gasteiger charge is 2.28. The van der Waals surface area contributed by atoms with Gasteiger partial charge in [0, 0.05) is 0 Å². The zero-order chi connectivity index (χ0) is 21.4. The Labute approximate surface area is 170 Å². The van der Waals surface area contributed by atoms with Crippen molar-refractivity contribution >= 4 is 17.9 Å². The second-order valence-corrected chi connectivity index (χ2v) is 6.18. The summed E-state index contributed by atoms with van der Waals surface area (Å²) in [5, 5.41) is 0. The summed E-state index contributed by atoms with van der Waals surface area (Å²) < 4.78 is 15.0. The van der Waals surface area contributed by atoms with Crippen molar-refractivity contribution in [1.29, 1.82) is 0 Å². The number of likely N-dealkylation sites (N-methyl/N-ethyl adjacent to an activating group) is 1. The van der Waals surface area contributed by atoms with Gasteiger partial charge in [-0.25, -0.2) is 14.4 Å². The minimum atomic E-state index is -0.656. The Morgan fingerprint density at radius 3 is 1.83 bits per heavy atom. The van der Waals surface area contributed by atoms with Gasteiger partial charge >= 0.3 is 17.9 Å². The van der Waals surface area contributed by atoms with E-state index in [0.717, 1.165) is 5.56 Å². The van der Waals surface area contributed by atoms with Crippen LogP contribution in [-0.4, -0.2) is 50.1 Å². The van der Waals surface area contributed by atoms with Crippen LogP contribution in [0.15, 0.2) is 48.5 Å². The van der Waals surface area contributed by atoms with E-state index in [1.807, 2.05) is 49.1 Å². The van der Waals surface area contributed by atoms with Gasteiger partial charge in [-0.15, -0.1) is 0 Å². The molecule has 0 radical (unpaired) electrons. The minimum absolute atomic E-state index is 0.0615. The van der Waals surface area contributed by atoms with Gasteiger partial charge in [0.25, 0.3) is 0 Å². The predicted octanol–water partition coefficient (Wildman–Crippen LogP) is 3.25. The SMILES string of the molecule is CCN(CC)C(C(=O)Oc1cc(C(=O)OC)cc(C(=O)OC)c1)c1ccccc1. The third-order valence-corrected chi connectivity index (χ3v) is 4.48. The van der Waals surface area contributed by atoms with E-state index in [0.29, 0.717) is 13.1 Å². The Kier molecular flexibility index (Phi) is 7.91. The molecule has 1 atom stereocenters. The highest BCUT2D eigenvalue weighted by molar-refractivity contribution is 5.96. The van der Waals surface area contributed by atoms with Crippen molar-refractivity contribution in [3.63, 3.8) is 0 Å². The van der Waals surface area contributed by atoms with Gasteiger partial charge in [0.2, 0.25) is 0 Å². The second-order valence-electron chi connectivity index (χ2n) is 6.18. The molecule has 29 heavy (non-hydrogen) atoms. The molecule has 0 N–H and O–H groups in total. The lowest BCUT2D eigenvalue weighted by molar-refractivity contribution is -0.140. The summed E-state index contributed by atoms with van der Waals surface area (Å²) >= 11 is 0. The number of methoxy groups -OCH3 is 2. The van der Waals surface area contributed by atoms with Gasteiger partial charge in [-0.3, -0.25) is 4.90 Å². The van der Waals surface area contributed by atoms with Crippen LogP contribution in [0.25, 0.3) is 0 Å². The maximum absolute atomic E-state index is 13.1. The highest BCUT2D eigenvalue weighted by Crippen LogP contribution is 2.25. The molecule has 2 rings (SSSR count). The van der Waals surface area contributed by atoms with Crippen LogP contribution >= 0.6 is 0 Å². The van der Waals surface area contributed by atoms with Gasteiger partial charge in [-0.2, -0.15) is 0 Å². The number of rotatable bonds is 8. The van der Waals surface area contributed by atoms with Crippen LogP contribution in [0.2, 0.25) is 0 Å². The van der Waals surface area contributed by atoms with Gasteiger partial charge in [-0.1, -0.05) is 44.2 Å². The zero-order valence-electron chi connectivity index (χ0n) is 17.0. The number of esters is 3. The van der Waals surface area contributed by atoms with Gasteiger partial charge in [0.05, 0.1) is 25.3 Å². The summed E-state index contributed by atoms with van der Waals surface area (Å²) in [6.45, 7) is 5.20. The van der Waals surface area contributed by atoms with Crippen LogP contribution < -0.4 is 4.74 Å². The highest BCUT2D eigenvalue weighted by atomic mass is 16.5. The number of carbonyl (C=O) groups excluding carboxylic acids is 3. The molecule has 0 spiro atoms. The molecule has 0 aliphatic carbocycles. The molecule has 2 aromatic rings. The molecule has 0 amide bonds. The third kappa shape index (κ3) is 5.42. The van der Waals surface area contributed by atoms with E-state index in [9.17, 15) is 14.4 Å². The maximum atomic E-state index is 13.1. The summed E-state index contributed by atoms with van der Waals surface area (Å²) in [4.78, 5) is 38.9. The molecule has 2 aromatic carbocycles. The molecule has 7 heteroatoms. The van der Waals surface area contributed by atoms with Crippen molar-refractivity contribution in [3.8, 4) is 5.75 Å². The van der Waals surface area contributed by atoms with Gasteiger partial charge in [0.15, 0.2) is 0 Å². The molecular weight excluding hydrogens is 374 g/mol. The van der Waals surface area contributed by atoms with Crippen LogP contribution in [0.4, 0.5) is 0 Å². The van der Waals surface area contributed by atoms with Crippen molar-refractivity contribution in [2.75, 3.05) is 27.3 Å². The first kappa shape index (κ1) is 22.1. The summed E-state index contributed by atoms with van der Waals surface area (Å²) in [7, 11) is 2.45. The maximum Gasteiger partial charge on any atom is 0.338 e. The van der Waals surface area contributed by atoms with Crippen molar-refractivity contribution < 1.29 is 28.6 Å². The standard InChI is InChI=1S/C22H25NO6/c1-5-23(6-2)19(15-10-8-7-9-11-15)22(26)29-18-13-16(20(24)27-3)12-17(14-18)21(25)28-4/h7-14,19H,5-6H2,1-4H3. The third-order valence-electron chi connectivity index (χ3n) is 4.48. The Hall–Kier alpha value is -3.19. The van der Waals surface area contributed by atoms with Gasteiger partial charge in [0.1, 0.15) is 11.8 Å². The molecule has 154 valence electrons. The van der Waals surface area contributed by atoms with Crippen molar-refractivity contribution in [2.24, 2.45) is 0 Å².